The predicted octanol–water partition coefficient (Wildman–Crippen LogP) is 0.427. The topological polar surface area (TPSA) is 66.0 Å². The lowest BCUT2D eigenvalue weighted by Crippen LogP contribution is -1.96. The maximum Gasteiger partial charge on any atom is 0.303 e. The summed E-state index contributed by atoms with van der Waals surface area (Å²) >= 11 is 0. The maximum atomic E-state index is 10.1. The van der Waals surface area contributed by atoms with Crippen molar-refractivity contribution in [1.29, 1.82) is 0 Å². The van der Waals surface area contributed by atoms with E-state index in [2.05, 4.69) is 10.2 Å². The average molecular weight is 140 g/mol. The summed E-state index contributed by atoms with van der Waals surface area (Å²) in [5.74, 6) is -0.777. The van der Waals surface area contributed by atoms with Gasteiger partial charge >= 0.3 is 5.97 Å². The molecule has 4 nitrogen and oxygen atoms in total. The highest BCUT2D eigenvalue weighted by Crippen LogP contribution is 1.97. The summed E-state index contributed by atoms with van der Waals surface area (Å²) in [5.41, 5.74) is 0.933. The summed E-state index contributed by atoms with van der Waals surface area (Å²) in [6.07, 6.45) is 4.04. The number of nitrogens with zero attached hydrogens (tertiary/aromatic N) is 1. The second kappa shape index (κ2) is 3.00. The van der Waals surface area contributed by atoms with Gasteiger partial charge < -0.3 is 5.11 Å². The van der Waals surface area contributed by atoms with E-state index in [0.717, 1.165) is 5.56 Å². The number of aliphatic carboxylic acids is 1. The van der Waals surface area contributed by atoms with Gasteiger partial charge in [-0.3, -0.25) is 9.89 Å². The highest BCUT2D eigenvalue weighted by Gasteiger charge is 1.98. The van der Waals surface area contributed by atoms with Crippen molar-refractivity contribution in [2.75, 3.05) is 0 Å². The van der Waals surface area contributed by atoms with Crippen LogP contribution < -0.4 is 0 Å². The molecule has 0 spiro atoms. The molecule has 0 amide bonds. The minimum absolute atomic E-state index is 0.166. The molecule has 4 heteroatoms. The number of aromatic amines is 1. The van der Waals surface area contributed by atoms with Crippen molar-refractivity contribution in [3.63, 3.8) is 0 Å². The monoisotopic (exact) mass is 140 g/mol. The van der Waals surface area contributed by atoms with Gasteiger partial charge in [-0.25, -0.2) is 0 Å². The van der Waals surface area contributed by atoms with Crippen LogP contribution in [0.25, 0.3) is 0 Å². The van der Waals surface area contributed by atoms with Crippen molar-refractivity contribution in [2.45, 2.75) is 12.8 Å². The molecular formula is C6H8N2O2. The third kappa shape index (κ3) is 1.89. The van der Waals surface area contributed by atoms with Crippen LogP contribution >= 0.6 is 0 Å². The van der Waals surface area contributed by atoms with E-state index in [-0.39, 0.29) is 6.42 Å². The van der Waals surface area contributed by atoms with Gasteiger partial charge in [-0.05, 0) is 12.0 Å². The van der Waals surface area contributed by atoms with E-state index in [0.29, 0.717) is 6.42 Å². The van der Waals surface area contributed by atoms with Gasteiger partial charge in [0.1, 0.15) is 0 Å². The summed E-state index contributed by atoms with van der Waals surface area (Å²) in [7, 11) is 0. The molecule has 10 heavy (non-hydrogen) atoms. The van der Waals surface area contributed by atoms with E-state index in [4.69, 9.17) is 5.11 Å². The van der Waals surface area contributed by atoms with Gasteiger partial charge in [0.05, 0.1) is 6.20 Å². The Balaban J connectivity index is 2.35. The Morgan fingerprint density at radius 3 is 3.10 bits per heavy atom. The molecule has 0 saturated heterocycles. The van der Waals surface area contributed by atoms with Crippen molar-refractivity contribution in [3.8, 4) is 0 Å². The number of carbonyl (C=O) groups is 1. The number of H-pyrrole nitrogens is 1. The minimum atomic E-state index is -0.777. The molecule has 0 aromatic carbocycles. The average Bonchev–Trinajstić information content (AvgIpc) is 2.34. The van der Waals surface area contributed by atoms with Gasteiger partial charge in [0.25, 0.3) is 0 Å². The summed E-state index contributed by atoms with van der Waals surface area (Å²) in [4.78, 5) is 10.1. The van der Waals surface area contributed by atoms with Crippen LogP contribution in [-0.4, -0.2) is 21.3 Å². The Morgan fingerprint density at radius 1 is 1.80 bits per heavy atom. The van der Waals surface area contributed by atoms with Crippen LogP contribution in [0.3, 0.4) is 0 Å². The Labute approximate surface area is 57.9 Å². The van der Waals surface area contributed by atoms with Gasteiger partial charge in [0, 0.05) is 12.6 Å². The van der Waals surface area contributed by atoms with Crippen LogP contribution in [0.5, 0.6) is 0 Å². The smallest absolute Gasteiger partial charge is 0.303 e. The molecule has 1 aromatic rings. The first-order valence-electron chi connectivity index (χ1n) is 2.98. The third-order valence-corrected chi connectivity index (χ3v) is 1.18. The standard InChI is InChI=1S/C6H8N2O2/c9-6(10)2-1-5-3-7-8-4-5/h3-4H,1-2H2,(H,7,8)(H,9,10). The van der Waals surface area contributed by atoms with Crippen molar-refractivity contribution < 1.29 is 9.90 Å². The first-order chi connectivity index (χ1) is 4.79. The molecule has 54 valence electrons. The largest absolute Gasteiger partial charge is 0.481 e. The number of aryl methyl sites for hydroxylation is 1. The number of nitrogens with one attached hydrogen (secondary N) is 1. The van der Waals surface area contributed by atoms with Crippen LogP contribution in [-0.2, 0) is 11.2 Å². The van der Waals surface area contributed by atoms with E-state index >= 15 is 0 Å². The lowest BCUT2D eigenvalue weighted by atomic mass is 10.2. The van der Waals surface area contributed by atoms with Gasteiger partial charge in [-0.15, -0.1) is 0 Å². The lowest BCUT2D eigenvalue weighted by Gasteiger charge is -1.88. The highest BCUT2D eigenvalue weighted by molar-refractivity contribution is 5.66. The van der Waals surface area contributed by atoms with Crippen LogP contribution in [0.1, 0.15) is 12.0 Å². The quantitative estimate of drug-likeness (QED) is 0.639. The fourth-order valence-corrected chi connectivity index (χ4v) is 0.666. The molecule has 0 aliphatic carbocycles. The summed E-state index contributed by atoms with van der Waals surface area (Å²) < 4.78 is 0. The summed E-state index contributed by atoms with van der Waals surface area (Å²) in [6, 6.07) is 0. The minimum Gasteiger partial charge on any atom is -0.481 e. The molecule has 0 aliphatic rings. The zero-order chi connectivity index (χ0) is 7.40. The molecule has 0 aliphatic heterocycles. The van der Waals surface area contributed by atoms with Crippen molar-refractivity contribution in [2.24, 2.45) is 0 Å². The zero-order valence-corrected chi connectivity index (χ0v) is 5.37. The Morgan fingerprint density at radius 2 is 2.60 bits per heavy atom. The Kier molecular flexibility index (Phi) is 2.04. The number of hydrogen-bond donors (Lipinski definition) is 2. The van der Waals surface area contributed by atoms with Crippen molar-refractivity contribution in [1.82, 2.24) is 10.2 Å². The van der Waals surface area contributed by atoms with E-state index in [1.807, 2.05) is 0 Å². The van der Waals surface area contributed by atoms with E-state index in [1.165, 1.54) is 0 Å². The second-order valence-electron chi connectivity index (χ2n) is 2.00. The molecule has 1 heterocycles. The van der Waals surface area contributed by atoms with E-state index in [1.54, 1.807) is 12.4 Å². The van der Waals surface area contributed by atoms with Crippen LogP contribution in [0.15, 0.2) is 12.4 Å². The van der Waals surface area contributed by atoms with E-state index < -0.39 is 5.97 Å². The molecule has 0 unspecified atom stereocenters. The zero-order valence-electron chi connectivity index (χ0n) is 5.37. The third-order valence-electron chi connectivity index (χ3n) is 1.18. The fourth-order valence-electron chi connectivity index (χ4n) is 0.666. The van der Waals surface area contributed by atoms with Crippen LogP contribution in [0.2, 0.25) is 0 Å². The second-order valence-corrected chi connectivity index (χ2v) is 2.00. The first-order valence-corrected chi connectivity index (χ1v) is 2.98. The molecular weight excluding hydrogens is 132 g/mol. The lowest BCUT2D eigenvalue weighted by molar-refractivity contribution is -0.136. The van der Waals surface area contributed by atoms with Gasteiger partial charge in [0.2, 0.25) is 0 Å². The molecule has 1 aromatic heterocycles. The molecule has 1 rings (SSSR count). The number of carboxylic acids is 1. The maximum absolute atomic E-state index is 10.1. The van der Waals surface area contributed by atoms with Crippen LogP contribution in [0.4, 0.5) is 0 Å². The molecule has 2 N–H and O–H groups in total. The van der Waals surface area contributed by atoms with E-state index in [9.17, 15) is 4.79 Å². The van der Waals surface area contributed by atoms with Gasteiger partial charge in [0.15, 0.2) is 0 Å². The first kappa shape index (κ1) is 6.80. The number of aromatic nitrogens is 2. The molecule has 0 saturated carbocycles. The van der Waals surface area contributed by atoms with Crippen molar-refractivity contribution >= 4 is 5.97 Å². The SMILES string of the molecule is O=C(O)CCc1cn[nH]c1. The van der Waals surface area contributed by atoms with Crippen molar-refractivity contribution in [3.05, 3.63) is 18.0 Å². The fraction of sp³-hybridized carbons (Fsp3) is 0.333. The highest BCUT2D eigenvalue weighted by atomic mass is 16.4. The Bertz CT molecular complexity index is 206. The van der Waals surface area contributed by atoms with Gasteiger partial charge in [-0.1, -0.05) is 0 Å². The van der Waals surface area contributed by atoms with Gasteiger partial charge in [-0.2, -0.15) is 5.10 Å². The molecule has 0 bridgehead atoms. The molecule has 0 atom stereocenters. The Hall–Kier alpha value is -1.32. The predicted molar refractivity (Wildman–Crippen MR) is 34.5 cm³/mol. The summed E-state index contributed by atoms with van der Waals surface area (Å²) in [5, 5.41) is 14.6. The number of hydrogen-bond acceptors (Lipinski definition) is 2. The number of rotatable bonds is 3. The molecule has 0 radical (unpaired) electrons. The molecule has 0 fully saturated rings. The van der Waals surface area contributed by atoms with Crippen LogP contribution in [0, 0.1) is 0 Å². The summed E-state index contributed by atoms with van der Waals surface area (Å²) in [6.45, 7) is 0. The number of carboxylic acid groups (broad SMARTS) is 1. The normalized spacial score (nSPS) is 9.60.